The molecule has 0 radical (unpaired) electrons. The predicted octanol–water partition coefficient (Wildman–Crippen LogP) is 0.807. The molecule has 0 aromatic carbocycles. The average Bonchev–Trinajstić information content (AvgIpc) is 2.39. The molecule has 1 N–H and O–H groups in total. The lowest BCUT2D eigenvalue weighted by atomic mass is 9.89. The molecule has 1 aromatic heterocycles. The normalized spacial score (nSPS) is 19.9. The number of morpholine rings is 1. The highest BCUT2D eigenvalue weighted by Gasteiger charge is 2.39. The number of ether oxygens (including phenoxy) is 1. The number of nitrogens with zero attached hydrogens (tertiary/aromatic N) is 3. The second kappa shape index (κ2) is 5.63. The van der Waals surface area contributed by atoms with Crippen LogP contribution in [0.15, 0.2) is 12.4 Å². The molecule has 19 heavy (non-hydrogen) atoms. The second-order valence-electron chi connectivity index (χ2n) is 4.93. The Labute approximate surface area is 112 Å². The van der Waals surface area contributed by atoms with E-state index in [9.17, 15) is 9.90 Å². The van der Waals surface area contributed by atoms with Crippen molar-refractivity contribution in [1.29, 1.82) is 0 Å². The van der Waals surface area contributed by atoms with Crippen LogP contribution in [0.5, 0.6) is 0 Å². The zero-order valence-electron chi connectivity index (χ0n) is 11.3. The van der Waals surface area contributed by atoms with E-state index >= 15 is 0 Å². The molecule has 104 valence electrons. The summed E-state index contributed by atoms with van der Waals surface area (Å²) in [5.74, 6) is -0.834. The molecule has 1 aliphatic heterocycles. The van der Waals surface area contributed by atoms with Crippen molar-refractivity contribution < 1.29 is 14.6 Å². The van der Waals surface area contributed by atoms with E-state index in [0.29, 0.717) is 26.3 Å². The number of aromatic nitrogens is 2. The van der Waals surface area contributed by atoms with Gasteiger partial charge in [-0.25, -0.2) is 0 Å². The smallest absolute Gasteiger partial charge is 0.305 e. The number of hydrogen-bond acceptors (Lipinski definition) is 5. The van der Waals surface area contributed by atoms with Crippen LogP contribution in [0.25, 0.3) is 0 Å². The fourth-order valence-electron chi connectivity index (χ4n) is 2.63. The maximum atomic E-state index is 11.2. The Morgan fingerprint density at radius 2 is 2.05 bits per heavy atom. The van der Waals surface area contributed by atoms with Crippen molar-refractivity contribution in [2.24, 2.45) is 0 Å². The third-order valence-electron chi connectivity index (χ3n) is 3.60. The molecule has 0 aliphatic carbocycles. The third kappa shape index (κ3) is 2.90. The maximum absolute atomic E-state index is 11.2. The zero-order chi connectivity index (χ0) is 13.9. The van der Waals surface area contributed by atoms with Gasteiger partial charge in [-0.3, -0.25) is 19.7 Å². The van der Waals surface area contributed by atoms with Crippen LogP contribution in [0.1, 0.15) is 24.7 Å². The van der Waals surface area contributed by atoms with E-state index in [1.165, 1.54) is 0 Å². The van der Waals surface area contributed by atoms with Crippen LogP contribution >= 0.6 is 0 Å². The van der Waals surface area contributed by atoms with Gasteiger partial charge in [-0.15, -0.1) is 0 Å². The van der Waals surface area contributed by atoms with Gasteiger partial charge in [-0.2, -0.15) is 0 Å². The van der Waals surface area contributed by atoms with Gasteiger partial charge in [0.25, 0.3) is 0 Å². The minimum atomic E-state index is -0.834. The van der Waals surface area contributed by atoms with Gasteiger partial charge in [0, 0.05) is 25.5 Å². The number of hydrogen-bond donors (Lipinski definition) is 1. The van der Waals surface area contributed by atoms with E-state index in [1.807, 2.05) is 13.8 Å². The van der Waals surface area contributed by atoms with Crippen molar-refractivity contribution in [2.45, 2.75) is 25.8 Å². The van der Waals surface area contributed by atoms with Crippen molar-refractivity contribution in [3.63, 3.8) is 0 Å². The lowest BCUT2D eigenvalue weighted by Crippen LogP contribution is -2.51. The Balaban J connectivity index is 2.38. The Morgan fingerprint density at radius 1 is 1.42 bits per heavy atom. The number of carbonyl (C=O) groups is 1. The Hall–Kier alpha value is -1.53. The molecule has 0 bridgehead atoms. The van der Waals surface area contributed by atoms with Gasteiger partial charge >= 0.3 is 5.97 Å². The molecule has 1 fully saturated rings. The summed E-state index contributed by atoms with van der Waals surface area (Å²) in [7, 11) is 0. The summed E-state index contributed by atoms with van der Waals surface area (Å²) in [5, 5.41) is 9.23. The number of aliphatic carboxylic acids is 1. The highest BCUT2D eigenvalue weighted by Crippen LogP contribution is 2.32. The van der Waals surface area contributed by atoms with Crippen LogP contribution in [0.4, 0.5) is 0 Å². The summed E-state index contributed by atoms with van der Waals surface area (Å²) in [6.45, 7) is 6.44. The van der Waals surface area contributed by atoms with Crippen LogP contribution in [-0.2, 0) is 15.1 Å². The van der Waals surface area contributed by atoms with Gasteiger partial charge in [-0.05, 0) is 13.8 Å². The average molecular weight is 265 g/mol. The zero-order valence-corrected chi connectivity index (χ0v) is 11.3. The van der Waals surface area contributed by atoms with Crippen molar-refractivity contribution in [3.8, 4) is 0 Å². The molecule has 2 heterocycles. The van der Waals surface area contributed by atoms with Crippen LogP contribution in [-0.4, -0.2) is 52.2 Å². The van der Waals surface area contributed by atoms with E-state index in [1.54, 1.807) is 12.4 Å². The maximum Gasteiger partial charge on any atom is 0.305 e. The van der Waals surface area contributed by atoms with Crippen molar-refractivity contribution in [2.75, 3.05) is 26.3 Å². The first-order chi connectivity index (χ1) is 9.04. The Kier molecular flexibility index (Phi) is 4.11. The van der Waals surface area contributed by atoms with Crippen molar-refractivity contribution in [3.05, 3.63) is 23.8 Å². The molecule has 1 saturated heterocycles. The molecule has 0 saturated carbocycles. The summed E-state index contributed by atoms with van der Waals surface area (Å²) in [6.07, 6.45) is 3.24. The van der Waals surface area contributed by atoms with Crippen molar-refractivity contribution in [1.82, 2.24) is 14.9 Å². The molecular weight excluding hydrogens is 246 g/mol. The molecule has 1 aliphatic rings. The largest absolute Gasteiger partial charge is 0.481 e. The third-order valence-corrected chi connectivity index (χ3v) is 3.60. The fraction of sp³-hybridized carbons (Fsp3) is 0.615. The molecule has 0 amide bonds. The van der Waals surface area contributed by atoms with Gasteiger partial charge < -0.3 is 9.84 Å². The topological polar surface area (TPSA) is 75.5 Å². The lowest BCUT2D eigenvalue weighted by Gasteiger charge is -2.42. The summed E-state index contributed by atoms with van der Waals surface area (Å²) < 4.78 is 5.34. The van der Waals surface area contributed by atoms with Crippen LogP contribution in [0.3, 0.4) is 0 Å². The molecule has 2 rings (SSSR count). The lowest BCUT2D eigenvalue weighted by molar-refractivity contribution is -0.141. The summed E-state index contributed by atoms with van der Waals surface area (Å²) in [6, 6.07) is 0. The first-order valence-electron chi connectivity index (χ1n) is 6.37. The molecular formula is C13H19N3O3. The summed E-state index contributed by atoms with van der Waals surface area (Å²) in [4.78, 5) is 22.0. The van der Waals surface area contributed by atoms with E-state index < -0.39 is 11.5 Å². The van der Waals surface area contributed by atoms with Gasteiger partial charge in [0.2, 0.25) is 0 Å². The SMILES string of the molecule is Cc1nccnc1C(C)(CC(=O)O)N1CCOCC1. The molecule has 6 nitrogen and oxygen atoms in total. The first kappa shape index (κ1) is 13.9. The van der Waals surface area contributed by atoms with E-state index in [4.69, 9.17) is 4.74 Å². The van der Waals surface area contributed by atoms with Crippen LogP contribution in [0, 0.1) is 6.92 Å². The van der Waals surface area contributed by atoms with Gasteiger partial charge in [0.15, 0.2) is 0 Å². The molecule has 6 heteroatoms. The molecule has 0 spiro atoms. The number of carboxylic acids is 1. The predicted molar refractivity (Wildman–Crippen MR) is 68.8 cm³/mol. The highest BCUT2D eigenvalue weighted by molar-refractivity contribution is 5.68. The second-order valence-corrected chi connectivity index (χ2v) is 4.93. The van der Waals surface area contributed by atoms with E-state index in [0.717, 1.165) is 11.4 Å². The molecule has 1 unspecified atom stereocenters. The fourth-order valence-corrected chi connectivity index (χ4v) is 2.63. The number of aryl methyl sites for hydroxylation is 1. The summed E-state index contributed by atoms with van der Waals surface area (Å²) in [5.41, 5.74) is 0.866. The molecule has 1 atom stereocenters. The minimum absolute atomic E-state index is 0.00648. The van der Waals surface area contributed by atoms with Crippen LogP contribution in [0.2, 0.25) is 0 Å². The van der Waals surface area contributed by atoms with Gasteiger partial charge in [-0.1, -0.05) is 0 Å². The minimum Gasteiger partial charge on any atom is -0.481 e. The number of carboxylic acid groups (broad SMARTS) is 1. The van der Waals surface area contributed by atoms with Crippen LogP contribution < -0.4 is 0 Å². The quantitative estimate of drug-likeness (QED) is 0.868. The van der Waals surface area contributed by atoms with Gasteiger partial charge in [0.05, 0.1) is 36.6 Å². The monoisotopic (exact) mass is 265 g/mol. The number of rotatable bonds is 4. The molecule has 1 aromatic rings. The standard InChI is InChI=1S/C13H19N3O3/c1-10-12(15-4-3-14-10)13(2,9-11(17)18)16-5-7-19-8-6-16/h3-4H,5-9H2,1-2H3,(H,17,18). The Morgan fingerprint density at radius 3 is 2.63 bits per heavy atom. The van der Waals surface area contributed by atoms with Gasteiger partial charge in [0.1, 0.15) is 0 Å². The summed E-state index contributed by atoms with van der Waals surface area (Å²) >= 11 is 0. The highest BCUT2D eigenvalue weighted by atomic mass is 16.5. The first-order valence-corrected chi connectivity index (χ1v) is 6.37. The van der Waals surface area contributed by atoms with E-state index in [2.05, 4.69) is 14.9 Å². The van der Waals surface area contributed by atoms with E-state index in [-0.39, 0.29) is 6.42 Å². The van der Waals surface area contributed by atoms with Crippen molar-refractivity contribution >= 4 is 5.97 Å². The Bertz CT molecular complexity index is 460.